The molecular formula is C14H15BrFNO4. The summed E-state index contributed by atoms with van der Waals surface area (Å²) in [5, 5.41) is 18.3. The topological polar surface area (TPSA) is 77.8 Å². The van der Waals surface area contributed by atoms with Crippen LogP contribution in [0.4, 0.5) is 4.39 Å². The average molecular weight is 360 g/mol. The molecule has 1 saturated heterocycles. The van der Waals surface area contributed by atoms with Gasteiger partial charge >= 0.3 is 11.9 Å². The molecule has 2 atom stereocenters. The van der Waals surface area contributed by atoms with Crippen LogP contribution in [0.2, 0.25) is 0 Å². The number of piperidine rings is 1. The molecule has 0 aliphatic carbocycles. The predicted molar refractivity (Wildman–Crippen MR) is 76.2 cm³/mol. The Morgan fingerprint density at radius 2 is 1.95 bits per heavy atom. The number of carboxylic acid groups (broad SMARTS) is 2. The molecule has 0 bridgehead atoms. The van der Waals surface area contributed by atoms with Crippen molar-refractivity contribution in [2.24, 2.45) is 11.8 Å². The van der Waals surface area contributed by atoms with Gasteiger partial charge in [0.2, 0.25) is 0 Å². The monoisotopic (exact) mass is 359 g/mol. The fraction of sp³-hybridized carbons (Fsp3) is 0.429. The summed E-state index contributed by atoms with van der Waals surface area (Å²) >= 11 is 3.17. The lowest BCUT2D eigenvalue weighted by Crippen LogP contribution is -2.46. The Morgan fingerprint density at radius 3 is 2.57 bits per heavy atom. The van der Waals surface area contributed by atoms with Crippen molar-refractivity contribution in [3.05, 3.63) is 34.1 Å². The number of carboxylic acids is 2. The van der Waals surface area contributed by atoms with E-state index in [4.69, 9.17) is 5.11 Å². The molecule has 21 heavy (non-hydrogen) atoms. The summed E-state index contributed by atoms with van der Waals surface area (Å²) in [6, 6.07) is 4.69. The first-order valence-corrected chi connectivity index (χ1v) is 7.30. The van der Waals surface area contributed by atoms with Gasteiger partial charge in [0.05, 0.1) is 16.3 Å². The van der Waals surface area contributed by atoms with Gasteiger partial charge in [0.25, 0.3) is 0 Å². The zero-order chi connectivity index (χ0) is 15.6. The maximum absolute atomic E-state index is 13.5. The van der Waals surface area contributed by atoms with Crippen molar-refractivity contribution in [2.45, 2.75) is 13.0 Å². The molecule has 5 nitrogen and oxygen atoms in total. The van der Waals surface area contributed by atoms with Crippen molar-refractivity contribution in [2.75, 3.05) is 13.1 Å². The van der Waals surface area contributed by atoms with Crippen LogP contribution in [0.5, 0.6) is 0 Å². The van der Waals surface area contributed by atoms with E-state index in [2.05, 4.69) is 15.9 Å². The molecule has 1 aromatic carbocycles. The number of likely N-dealkylation sites (tertiary alicyclic amines) is 1. The average Bonchev–Trinajstić information content (AvgIpc) is 2.43. The third-order valence-electron chi connectivity index (χ3n) is 3.76. The van der Waals surface area contributed by atoms with Crippen LogP contribution in [0.3, 0.4) is 0 Å². The van der Waals surface area contributed by atoms with E-state index in [1.54, 1.807) is 12.1 Å². The van der Waals surface area contributed by atoms with Crippen molar-refractivity contribution in [1.29, 1.82) is 0 Å². The second kappa shape index (κ2) is 6.53. The van der Waals surface area contributed by atoms with E-state index in [1.165, 1.54) is 6.07 Å². The van der Waals surface area contributed by atoms with E-state index in [1.807, 2.05) is 4.90 Å². The quantitative estimate of drug-likeness (QED) is 0.861. The summed E-state index contributed by atoms with van der Waals surface area (Å²) in [6.07, 6.45) is 0.277. The number of carbonyl (C=O) groups is 2. The first-order valence-electron chi connectivity index (χ1n) is 6.51. The second-order valence-electron chi connectivity index (χ2n) is 5.13. The maximum Gasteiger partial charge on any atom is 0.308 e. The molecule has 7 heteroatoms. The van der Waals surface area contributed by atoms with Crippen molar-refractivity contribution in [3.8, 4) is 0 Å². The standard InChI is InChI=1S/C14H15BrFNO4/c15-12-8(2-1-3-11(12)16)6-17-5-4-9(13(18)19)10(7-17)14(20)21/h1-3,9-10H,4-7H2,(H,18,19)(H,20,21). The molecule has 2 unspecified atom stereocenters. The van der Waals surface area contributed by atoms with E-state index >= 15 is 0 Å². The Labute approximate surface area is 129 Å². The Balaban J connectivity index is 2.11. The molecule has 2 rings (SSSR count). The van der Waals surface area contributed by atoms with Crippen molar-refractivity contribution >= 4 is 27.9 Å². The molecule has 2 N–H and O–H groups in total. The first-order chi connectivity index (χ1) is 9.90. The molecule has 1 aliphatic heterocycles. The lowest BCUT2D eigenvalue weighted by molar-refractivity contribution is -0.157. The van der Waals surface area contributed by atoms with Gasteiger partial charge in [0.1, 0.15) is 5.82 Å². The number of aliphatic carboxylic acids is 2. The second-order valence-corrected chi connectivity index (χ2v) is 5.92. The summed E-state index contributed by atoms with van der Waals surface area (Å²) in [6.45, 7) is 1.01. The SMILES string of the molecule is O=C(O)C1CCN(Cc2cccc(F)c2Br)CC1C(=O)O. The van der Waals surface area contributed by atoms with Gasteiger partial charge in [-0.25, -0.2) is 4.39 Å². The summed E-state index contributed by atoms with van der Waals surface area (Å²) in [5.41, 5.74) is 0.716. The van der Waals surface area contributed by atoms with Gasteiger partial charge in [-0.15, -0.1) is 0 Å². The highest BCUT2D eigenvalue weighted by Gasteiger charge is 2.38. The number of rotatable bonds is 4. The molecule has 114 valence electrons. The van der Waals surface area contributed by atoms with E-state index in [0.717, 1.165) is 0 Å². The minimum Gasteiger partial charge on any atom is -0.481 e. The molecule has 0 radical (unpaired) electrons. The molecule has 0 spiro atoms. The molecule has 0 saturated carbocycles. The third kappa shape index (κ3) is 3.59. The van der Waals surface area contributed by atoms with Crippen LogP contribution in [-0.2, 0) is 16.1 Å². The first kappa shape index (κ1) is 15.9. The van der Waals surface area contributed by atoms with E-state index in [-0.39, 0.29) is 18.8 Å². The highest BCUT2D eigenvalue weighted by Crippen LogP contribution is 2.28. The third-order valence-corrected chi connectivity index (χ3v) is 4.64. The maximum atomic E-state index is 13.5. The zero-order valence-corrected chi connectivity index (χ0v) is 12.7. The minimum atomic E-state index is -1.11. The largest absolute Gasteiger partial charge is 0.481 e. The van der Waals surface area contributed by atoms with Gasteiger partial charge in [0, 0.05) is 13.1 Å². The van der Waals surface area contributed by atoms with Crippen molar-refractivity contribution < 1.29 is 24.2 Å². The number of halogens is 2. The van der Waals surface area contributed by atoms with E-state index in [0.29, 0.717) is 23.1 Å². The highest BCUT2D eigenvalue weighted by atomic mass is 79.9. The Morgan fingerprint density at radius 1 is 1.29 bits per heavy atom. The van der Waals surface area contributed by atoms with E-state index < -0.39 is 23.8 Å². The summed E-state index contributed by atoms with van der Waals surface area (Å²) < 4.78 is 13.8. The number of benzene rings is 1. The summed E-state index contributed by atoms with van der Waals surface area (Å²) in [7, 11) is 0. The lowest BCUT2D eigenvalue weighted by atomic mass is 9.85. The van der Waals surface area contributed by atoms with Gasteiger partial charge in [-0.1, -0.05) is 12.1 Å². The Hall–Kier alpha value is -1.47. The Bertz CT molecular complexity index is 566. The summed E-state index contributed by atoms with van der Waals surface area (Å²) in [5.74, 6) is -4.36. The predicted octanol–water partition coefficient (Wildman–Crippen LogP) is 2.20. The fourth-order valence-corrected chi connectivity index (χ4v) is 3.01. The number of hydrogen-bond acceptors (Lipinski definition) is 3. The summed E-state index contributed by atoms with van der Waals surface area (Å²) in [4.78, 5) is 24.2. The van der Waals surface area contributed by atoms with Crippen LogP contribution in [0.25, 0.3) is 0 Å². The van der Waals surface area contributed by atoms with Crippen LogP contribution in [0.1, 0.15) is 12.0 Å². The van der Waals surface area contributed by atoms with Crippen molar-refractivity contribution in [3.63, 3.8) is 0 Å². The number of hydrogen-bond donors (Lipinski definition) is 2. The molecular weight excluding hydrogens is 345 g/mol. The van der Waals surface area contributed by atoms with Gasteiger partial charge in [-0.05, 0) is 40.5 Å². The highest BCUT2D eigenvalue weighted by molar-refractivity contribution is 9.10. The van der Waals surface area contributed by atoms with Crippen LogP contribution < -0.4 is 0 Å². The lowest BCUT2D eigenvalue weighted by Gasteiger charge is -2.34. The molecule has 0 amide bonds. The zero-order valence-electron chi connectivity index (χ0n) is 11.1. The molecule has 0 aromatic heterocycles. The molecule has 1 fully saturated rings. The van der Waals surface area contributed by atoms with Gasteiger partial charge in [-0.2, -0.15) is 0 Å². The van der Waals surface area contributed by atoms with Crippen LogP contribution >= 0.6 is 15.9 Å². The van der Waals surface area contributed by atoms with Crippen LogP contribution in [0.15, 0.2) is 22.7 Å². The van der Waals surface area contributed by atoms with Gasteiger partial charge < -0.3 is 10.2 Å². The van der Waals surface area contributed by atoms with Gasteiger partial charge in [0.15, 0.2) is 0 Å². The van der Waals surface area contributed by atoms with Crippen LogP contribution in [0, 0.1) is 17.7 Å². The molecule has 1 heterocycles. The molecule has 1 aromatic rings. The van der Waals surface area contributed by atoms with Crippen LogP contribution in [-0.4, -0.2) is 40.1 Å². The normalized spacial score (nSPS) is 23.0. The smallest absolute Gasteiger partial charge is 0.308 e. The molecule has 1 aliphatic rings. The fourth-order valence-electron chi connectivity index (χ4n) is 2.62. The van der Waals surface area contributed by atoms with E-state index in [9.17, 15) is 19.1 Å². The van der Waals surface area contributed by atoms with Crippen molar-refractivity contribution in [1.82, 2.24) is 4.90 Å². The Kier molecular flexibility index (Phi) is 4.95. The van der Waals surface area contributed by atoms with Gasteiger partial charge in [-0.3, -0.25) is 14.5 Å². The number of nitrogens with zero attached hydrogens (tertiary/aromatic N) is 1. The minimum absolute atomic E-state index is 0.148.